The maximum Gasteiger partial charge on any atom is 0.573 e. The van der Waals surface area contributed by atoms with Gasteiger partial charge in [0, 0.05) is 11.8 Å². The van der Waals surface area contributed by atoms with Gasteiger partial charge in [-0.15, -0.1) is 13.2 Å². The minimum Gasteiger partial charge on any atom is -0.405 e. The Morgan fingerprint density at radius 3 is 2.13 bits per heavy atom. The van der Waals surface area contributed by atoms with Crippen LogP contribution in [0.25, 0.3) is 22.4 Å². The quantitative estimate of drug-likeness (QED) is 0.514. The average Bonchev–Trinajstić information content (AvgIpc) is 2.95. The molecule has 0 N–H and O–H groups in total. The molecule has 2 aromatic carbocycles. The molecule has 0 radical (unpaired) electrons. The molecule has 1 heterocycles. The lowest BCUT2D eigenvalue weighted by atomic mass is 9.98. The fraction of sp³-hybridized carbons (Fsp3) is 0.211. The van der Waals surface area contributed by atoms with Crippen LogP contribution in [0.1, 0.15) is 11.3 Å². The second-order valence-corrected chi connectivity index (χ2v) is 8.48. The van der Waals surface area contributed by atoms with E-state index >= 15 is 0 Å². The maximum atomic E-state index is 14.4. The first-order chi connectivity index (χ1) is 13.8. The van der Waals surface area contributed by atoms with Gasteiger partial charge in [-0.1, -0.05) is 17.3 Å². The highest BCUT2D eigenvalue weighted by Gasteiger charge is 2.32. The summed E-state index contributed by atoms with van der Waals surface area (Å²) in [5.41, 5.74) is 0.345. The Labute approximate surface area is 168 Å². The number of benzene rings is 2. The van der Waals surface area contributed by atoms with Crippen molar-refractivity contribution in [3.63, 3.8) is 0 Å². The van der Waals surface area contributed by atoms with Crippen molar-refractivity contribution in [2.24, 2.45) is 0 Å². The van der Waals surface area contributed by atoms with E-state index in [-0.39, 0.29) is 33.7 Å². The number of sulfone groups is 1. The van der Waals surface area contributed by atoms with Crippen LogP contribution in [-0.2, 0) is 9.84 Å². The van der Waals surface area contributed by atoms with Crippen LogP contribution in [0.4, 0.5) is 22.0 Å². The van der Waals surface area contributed by atoms with Gasteiger partial charge in [0.15, 0.2) is 9.84 Å². The Morgan fingerprint density at radius 2 is 1.60 bits per heavy atom. The zero-order valence-corrected chi connectivity index (χ0v) is 16.6. The van der Waals surface area contributed by atoms with Crippen LogP contribution in [0.3, 0.4) is 0 Å². The van der Waals surface area contributed by atoms with Crippen LogP contribution in [0.15, 0.2) is 39.8 Å². The first kappa shape index (κ1) is 21.8. The van der Waals surface area contributed by atoms with E-state index in [0.717, 1.165) is 18.2 Å². The molecule has 0 saturated heterocycles. The molecular weight excluding hydrogens is 433 g/mol. The molecule has 0 aliphatic rings. The molecule has 0 atom stereocenters. The monoisotopic (exact) mass is 447 g/mol. The van der Waals surface area contributed by atoms with Crippen molar-refractivity contribution in [1.82, 2.24) is 5.16 Å². The summed E-state index contributed by atoms with van der Waals surface area (Å²) in [7, 11) is -4.16. The molecule has 11 heteroatoms. The van der Waals surface area contributed by atoms with E-state index in [4.69, 9.17) is 4.52 Å². The summed E-state index contributed by atoms with van der Waals surface area (Å²) in [6.45, 7) is 2.85. The Hall–Kier alpha value is -2.95. The molecule has 160 valence electrons. The largest absolute Gasteiger partial charge is 0.573 e. The normalized spacial score (nSPS) is 12.3. The van der Waals surface area contributed by atoms with Crippen molar-refractivity contribution < 1.29 is 39.6 Å². The topological polar surface area (TPSA) is 69.4 Å². The number of aromatic nitrogens is 1. The van der Waals surface area contributed by atoms with Crippen LogP contribution in [0.2, 0.25) is 0 Å². The summed E-state index contributed by atoms with van der Waals surface area (Å²) in [6, 6.07) is 5.46. The number of ether oxygens (including phenoxy) is 1. The van der Waals surface area contributed by atoms with Gasteiger partial charge in [0.05, 0.1) is 5.56 Å². The first-order valence-electron chi connectivity index (χ1n) is 8.30. The second kappa shape index (κ2) is 7.38. The van der Waals surface area contributed by atoms with Crippen molar-refractivity contribution >= 4 is 9.84 Å². The third kappa shape index (κ3) is 4.30. The van der Waals surface area contributed by atoms with E-state index in [0.29, 0.717) is 6.26 Å². The highest BCUT2D eigenvalue weighted by Crippen LogP contribution is 2.38. The lowest BCUT2D eigenvalue weighted by molar-refractivity contribution is -0.274. The minimum atomic E-state index is -4.92. The van der Waals surface area contributed by atoms with Crippen molar-refractivity contribution in [2.45, 2.75) is 25.1 Å². The van der Waals surface area contributed by atoms with Gasteiger partial charge >= 0.3 is 6.36 Å². The van der Waals surface area contributed by atoms with Crippen LogP contribution < -0.4 is 4.74 Å². The van der Waals surface area contributed by atoms with E-state index in [1.165, 1.54) is 26.0 Å². The van der Waals surface area contributed by atoms with Gasteiger partial charge in [-0.2, -0.15) is 0 Å². The second-order valence-electron chi connectivity index (χ2n) is 6.53. The lowest BCUT2D eigenvalue weighted by Gasteiger charge is -2.13. The zero-order chi connectivity index (χ0) is 22.4. The van der Waals surface area contributed by atoms with Crippen molar-refractivity contribution in [2.75, 3.05) is 6.26 Å². The molecule has 1 aromatic heterocycles. The predicted octanol–water partition coefficient (Wildman–Crippen LogP) is 5.21. The highest BCUT2D eigenvalue weighted by molar-refractivity contribution is 7.90. The molecule has 0 saturated carbocycles. The third-order valence-corrected chi connectivity index (χ3v) is 5.34. The van der Waals surface area contributed by atoms with Crippen molar-refractivity contribution in [1.29, 1.82) is 0 Å². The lowest BCUT2D eigenvalue weighted by Crippen LogP contribution is -2.17. The van der Waals surface area contributed by atoms with E-state index in [1.807, 2.05) is 0 Å². The van der Waals surface area contributed by atoms with Gasteiger partial charge in [0.25, 0.3) is 0 Å². The van der Waals surface area contributed by atoms with Crippen LogP contribution in [0.5, 0.6) is 5.75 Å². The molecule has 0 amide bonds. The number of halogens is 5. The Morgan fingerprint density at radius 1 is 1.00 bits per heavy atom. The smallest absolute Gasteiger partial charge is 0.405 e. The van der Waals surface area contributed by atoms with Crippen LogP contribution in [0, 0.1) is 25.5 Å². The maximum absolute atomic E-state index is 14.4. The zero-order valence-electron chi connectivity index (χ0n) is 15.8. The number of hydrogen-bond acceptors (Lipinski definition) is 5. The SMILES string of the molecule is Cc1ccc(-c2noc(C)c2-c2cc(F)c(S(C)(=O)=O)c(F)c2)cc1OC(F)(F)F. The van der Waals surface area contributed by atoms with E-state index in [2.05, 4.69) is 9.89 Å². The Kier molecular flexibility index (Phi) is 5.35. The standard InChI is InChI=1S/C19H14F5NO4S/c1-9-4-5-11(8-15(9)28-19(22,23)24)17-16(10(2)29-25-17)12-6-13(20)18(14(21)7-12)30(3,26)27/h4-8H,1-3H3. The molecule has 0 spiro atoms. The van der Waals surface area contributed by atoms with Crippen LogP contribution >= 0.6 is 0 Å². The molecule has 0 unspecified atom stereocenters. The molecule has 30 heavy (non-hydrogen) atoms. The highest BCUT2D eigenvalue weighted by atomic mass is 32.2. The van der Waals surface area contributed by atoms with Crippen molar-refractivity contribution in [3.05, 3.63) is 53.3 Å². The molecular formula is C19H14F5NO4S. The number of rotatable bonds is 4. The minimum absolute atomic E-state index is 0.00503. The fourth-order valence-electron chi connectivity index (χ4n) is 2.95. The van der Waals surface area contributed by atoms with Gasteiger partial charge in [-0.05, 0) is 43.2 Å². The van der Waals surface area contributed by atoms with Gasteiger partial charge in [-0.3, -0.25) is 0 Å². The number of aryl methyl sites for hydroxylation is 2. The molecule has 0 fully saturated rings. The summed E-state index contributed by atoms with van der Waals surface area (Å²) in [5.74, 6) is -2.99. The Balaban J connectivity index is 2.17. The molecule has 3 aromatic rings. The van der Waals surface area contributed by atoms with Gasteiger partial charge < -0.3 is 9.26 Å². The molecule has 0 bridgehead atoms. The van der Waals surface area contributed by atoms with Crippen LogP contribution in [-0.4, -0.2) is 26.2 Å². The summed E-state index contributed by atoms with van der Waals surface area (Å²) in [4.78, 5) is -1.09. The van der Waals surface area contributed by atoms with Gasteiger partial charge in [0.2, 0.25) is 0 Å². The number of hydrogen-bond donors (Lipinski definition) is 0. The molecule has 5 nitrogen and oxygen atoms in total. The number of nitrogens with zero attached hydrogens (tertiary/aromatic N) is 1. The van der Waals surface area contributed by atoms with Gasteiger partial charge in [0.1, 0.15) is 33.7 Å². The van der Waals surface area contributed by atoms with E-state index in [9.17, 15) is 30.4 Å². The van der Waals surface area contributed by atoms with Gasteiger partial charge in [-0.25, -0.2) is 17.2 Å². The summed E-state index contributed by atoms with van der Waals surface area (Å²) in [6.07, 6.45) is -4.25. The summed E-state index contributed by atoms with van der Waals surface area (Å²) >= 11 is 0. The molecule has 3 rings (SSSR count). The third-order valence-electron chi connectivity index (χ3n) is 4.21. The fourth-order valence-corrected chi connectivity index (χ4v) is 3.78. The van der Waals surface area contributed by atoms with E-state index in [1.54, 1.807) is 0 Å². The molecule has 0 aliphatic heterocycles. The summed E-state index contributed by atoms with van der Waals surface area (Å²) < 4.78 is 98.9. The predicted molar refractivity (Wildman–Crippen MR) is 96.6 cm³/mol. The summed E-state index contributed by atoms with van der Waals surface area (Å²) in [5, 5.41) is 3.79. The van der Waals surface area contributed by atoms with Crippen molar-refractivity contribution in [3.8, 4) is 28.1 Å². The number of alkyl halides is 3. The first-order valence-corrected chi connectivity index (χ1v) is 10.2. The van der Waals surface area contributed by atoms with E-state index < -0.39 is 38.5 Å². The Bertz CT molecular complexity index is 1210. The average molecular weight is 447 g/mol. The molecule has 0 aliphatic carbocycles.